The number of esters is 3. The van der Waals surface area contributed by atoms with E-state index in [0.717, 1.165) is 89.9 Å². The van der Waals surface area contributed by atoms with Crippen molar-refractivity contribution < 1.29 is 28.6 Å². The van der Waals surface area contributed by atoms with Crippen molar-refractivity contribution in [3.63, 3.8) is 0 Å². The van der Waals surface area contributed by atoms with Gasteiger partial charge in [0.25, 0.3) is 0 Å². The molecule has 0 aliphatic carbocycles. The number of carbonyl (C=O) groups is 3. The minimum absolute atomic E-state index is 0.107. The Balaban J connectivity index is 4.52. The quantitative estimate of drug-likeness (QED) is 0.0199. The Morgan fingerprint density at radius 1 is 0.333 bits per heavy atom. The number of allylic oxidation sites excluding steroid dienone is 14. The van der Waals surface area contributed by atoms with Crippen LogP contribution in [-0.4, -0.2) is 37.2 Å². The van der Waals surface area contributed by atoms with E-state index in [1.165, 1.54) is 103 Å². The summed E-state index contributed by atoms with van der Waals surface area (Å²) in [5.74, 6) is -0.993. The Bertz CT molecular complexity index is 1240. The average Bonchev–Trinajstić information content (AvgIpc) is 3.28. The average molecular weight is 877 g/mol. The van der Waals surface area contributed by atoms with Gasteiger partial charge in [-0.2, -0.15) is 0 Å². The lowest BCUT2D eigenvalue weighted by Gasteiger charge is -2.18. The Morgan fingerprint density at radius 2 is 0.635 bits per heavy atom. The lowest BCUT2D eigenvalue weighted by molar-refractivity contribution is -0.167. The molecular formula is C57H96O6. The zero-order valence-corrected chi connectivity index (χ0v) is 41.1. The fraction of sp³-hybridized carbons (Fsp3) is 0.702. The topological polar surface area (TPSA) is 78.9 Å². The van der Waals surface area contributed by atoms with E-state index < -0.39 is 6.10 Å². The van der Waals surface area contributed by atoms with Gasteiger partial charge in [-0.1, -0.05) is 196 Å². The molecular weight excluding hydrogens is 781 g/mol. The van der Waals surface area contributed by atoms with E-state index in [-0.39, 0.29) is 37.5 Å². The molecule has 1 unspecified atom stereocenters. The molecule has 1 atom stereocenters. The summed E-state index contributed by atoms with van der Waals surface area (Å²) >= 11 is 0. The van der Waals surface area contributed by atoms with E-state index in [0.29, 0.717) is 19.3 Å². The smallest absolute Gasteiger partial charge is 0.306 e. The highest BCUT2D eigenvalue weighted by molar-refractivity contribution is 5.71. The monoisotopic (exact) mass is 877 g/mol. The number of unbranched alkanes of at least 4 members (excludes halogenated alkanes) is 22. The van der Waals surface area contributed by atoms with Crippen LogP contribution in [0.3, 0.4) is 0 Å². The van der Waals surface area contributed by atoms with Crippen molar-refractivity contribution in [2.45, 2.75) is 245 Å². The Labute approximate surface area is 388 Å². The fourth-order valence-corrected chi connectivity index (χ4v) is 6.89. The van der Waals surface area contributed by atoms with Crippen molar-refractivity contribution in [2.75, 3.05) is 13.2 Å². The molecule has 0 aromatic rings. The SMILES string of the molecule is CCCCC/C=C\C=C/CCCCCCCCC(=O)OC(COC(=O)CCC/C=C\C/C=C\C/C=C\C/C=C\CCCCC)COC(=O)CCCCC/C=C\CCCCCCCC. The standard InChI is InChI=1S/C57H96O6/c1-4-7-10-13-16-19-22-25-27-28-30-32-35-38-41-44-47-50-56(59)62-53-54(52-61-55(58)49-46-43-40-37-34-31-24-21-18-15-12-9-6-3)63-57(60)51-48-45-42-39-36-33-29-26-23-20-17-14-11-8-5-2/h16-17,19-20,23,25-27,30-32,34,38,41,54H,4-15,18,21-22,24,28-29,33,35-37,39-40,42-53H2,1-3H3/b19-16-,20-17-,26-23-,27-25-,32-30-,34-31-,41-38-. The van der Waals surface area contributed by atoms with Gasteiger partial charge < -0.3 is 14.2 Å². The molecule has 0 heterocycles. The van der Waals surface area contributed by atoms with E-state index in [1.54, 1.807) is 0 Å². The van der Waals surface area contributed by atoms with Crippen LogP contribution < -0.4 is 0 Å². The second-order valence-corrected chi connectivity index (χ2v) is 17.1. The molecule has 360 valence electrons. The number of carbonyl (C=O) groups excluding carboxylic acids is 3. The zero-order chi connectivity index (χ0) is 45.8. The molecule has 0 spiro atoms. The van der Waals surface area contributed by atoms with Crippen LogP contribution in [0.2, 0.25) is 0 Å². The van der Waals surface area contributed by atoms with Gasteiger partial charge in [0.1, 0.15) is 13.2 Å². The lowest BCUT2D eigenvalue weighted by atomic mass is 10.1. The van der Waals surface area contributed by atoms with Crippen molar-refractivity contribution in [1.29, 1.82) is 0 Å². The van der Waals surface area contributed by atoms with Gasteiger partial charge in [0.15, 0.2) is 6.10 Å². The fourth-order valence-electron chi connectivity index (χ4n) is 6.89. The second kappa shape index (κ2) is 51.2. The molecule has 63 heavy (non-hydrogen) atoms. The van der Waals surface area contributed by atoms with Crippen LogP contribution in [0.4, 0.5) is 0 Å². The van der Waals surface area contributed by atoms with Crippen LogP contribution in [0, 0.1) is 0 Å². The van der Waals surface area contributed by atoms with E-state index in [4.69, 9.17) is 14.2 Å². The summed E-state index contributed by atoms with van der Waals surface area (Å²) < 4.78 is 16.7. The molecule has 0 bridgehead atoms. The molecule has 0 aliphatic heterocycles. The second-order valence-electron chi connectivity index (χ2n) is 17.1. The number of rotatable bonds is 46. The summed E-state index contributed by atoms with van der Waals surface area (Å²) in [4.78, 5) is 38.0. The summed E-state index contributed by atoms with van der Waals surface area (Å²) in [5, 5.41) is 0. The van der Waals surface area contributed by atoms with Crippen LogP contribution in [0.15, 0.2) is 85.1 Å². The minimum atomic E-state index is -0.810. The first-order chi connectivity index (χ1) is 31.0. The van der Waals surface area contributed by atoms with Crippen LogP contribution >= 0.6 is 0 Å². The Kier molecular flexibility index (Phi) is 48.5. The highest BCUT2D eigenvalue weighted by atomic mass is 16.6. The maximum absolute atomic E-state index is 12.8. The minimum Gasteiger partial charge on any atom is -0.462 e. The van der Waals surface area contributed by atoms with Gasteiger partial charge in [-0.15, -0.1) is 0 Å². The Morgan fingerprint density at radius 3 is 1.11 bits per heavy atom. The van der Waals surface area contributed by atoms with Crippen LogP contribution in [0.1, 0.15) is 239 Å². The third-order valence-electron chi connectivity index (χ3n) is 10.9. The summed E-state index contributed by atoms with van der Waals surface area (Å²) in [6.07, 6.45) is 65.7. The molecule has 0 aromatic carbocycles. The van der Waals surface area contributed by atoms with Gasteiger partial charge in [0.2, 0.25) is 0 Å². The third-order valence-corrected chi connectivity index (χ3v) is 10.9. The van der Waals surface area contributed by atoms with E-state index in [9.17, 15) is 14.4 Å². The van der Waals surface area contributed by atoms with Crippen molar-refractivity contribution in [3.8, 4) is 0 Å². The first-order valence-electron chi connectivity index (χ1n) is 26.1. The van der Waals surface area contributed by atoms with Crippen molar-refractivity contribution in [2.24, 2.45) is 0 Å². The van der Waals surface area contributed by atoms with Gasteiger partial charge in [0, 0.05) is 19.3 Å². The molecule has 0 saturated heterocycles. The van der Waals surface area contributed by atoms with E-state index in [1.807, 2.05) is 0 Å². The third kappa shape index (κ3) is 49.5. The highest BCUT2D eigenvalue weighted by Gasteiger charge is 2.19. The zero-order valence-electron chi connectivity index (χ0n) is 41.1. The van der Waals surface area contributed by atoms with Gasteiger partial charge in [0.05, 0.1) is 0 Å². The summed E-state index contributed by atoms with van der Waals surface area (Å²) in [6, 6.07) is 0. The summed E-state index contributed by atoms with van der Waals surface area (Å²) in [7, 11) is 0. The molecule has 0 radical (unpaired) electrons. The molecule has 0 amide bonds. The molecule has 6 nitrogen and oxygen atoms in total. The van der Waals surface area contributed by atoms with Crippen LogP contribution in [0.5, 0.6) is 0 Å². The predicted molar refractivity (Wildman–Crippen MR) is 270 cm³/mol. The molecule has 0 N–H and O–H groups in total. The molecule has 0 aromatic heterocycles. The van der Waals surface area contributed by atoms with Gasteiger partial charge >= 0.3 is 17.9 Å². The molecule has 0 fully saturated rings. The number of hydrogen-bond donors (Lipinski definition) is 0. The number of hydrogen-bond acceptors (Lipinski definition) is 6. The predicted octanol–water partition coefficient (Wildman–Crippen LogP) is 17.2. The molecule has 0 rings (SSSR count). The first kappa shape index (κ1) is 59.6. The molecule has 0 aliphatic rings. The van der Waals surface area contributed by atoms with Gasteiger partial charge in [-0.3, -0.25) is 14.4 Å². The summed E-state index contributed by atoms with van der Waals surface area (Å²) in [6.45, 7) is 6.49. The maximum atomic E-state index is 12.8. The van der Waals surface area contributed by atoms with Crippen molar-refractivity contribution in [1.82, 2.24) is 0 Å². The molecule has 0 saturated carbocycles. The lowest BCUT2D eigenvalue weighted by Crippen LogP contribution is -2.30. The van der Waals surface area contributed by atoms with E-state index in [2.05, 4.69) is 106 Å². The first-order valence-corrected chi connectivity index (χ1v) is 26.1. The highest BCUT2D eigenvalue weighted by Crippen LogP contribution is 2.13. The van der Waals surface area contributed by atoms with Crippen LogP contribution in [-0.2, 0) is 28.6 Å². The van der Waals surface area contributed by atoms with Gasteiger partial charge in [-0.25, -0.2) is 0 Å². The maximum Gasteiger partial charge on any atom is 0.306 e. The van der Waals surface area contributed by atoms with Crippen molar-refractivity contribution >= 4 is 17.9 Å². The van der Waals surface area contributed by atoms with E-state index >= 15 is 0 Å². The van der Waals surface area contributed by atoms with Crippen LogP contribution in [0.25, 0.3) is 0 Å². The summed E-state index contributed by atoms with van der Waals surface area (Å²) in [5.41, 5.74) is 0. The number of ether oxygens (including phenoxy) is 3. The Hall–Kier alpha value is -3.41. The van der Waals surface area contributed by atoms with Crippen molar-refractivity contribution in [3.05, 3.63) is 85.1 Å². The normalized spacial score (nSPS) is 12.7. The van der Waals surface area contributed by atoms with Gasteiger partial charge in [-0.05, 0) is 109 Å². The molecule has 6 heteroatoms. The largest absolute Gasteiger partial charge is 0.462 e.